The molecule has 4 aromatic rings. The minimum atomic E-state index is -0.218. The number of aryl methyl sites for hydroxylation is 1. The molecule has 1 aliphatic rings. The van der Waals surface area contributed by atoms with Crippen LogP contribution in [0.25, 0.3) is 22.6 Å². The number of H-pyrrole nitrogens is 1. The first-order chi connectivity index (χ1) is 14.2. The van der Waals surface area contributed by atoms with Crippen molar-refractivity contribution in [1.82, 2.24) is 29.9 Å². The van der Waals surface area contributed by atoms with Crippen molar-refractivity contribution in [2.45, 2.75) is 25.8 Å². The second-order valence-corrected chi connectivity index (χ2v) is 7.13. The van der Waals surface area contributed by atoms with Gasteiger partial charge in [0, 0.05) is 36.0 Å². The molecule has 146 valence electrons. The highest BCUT2D eigenvalue weighted by molar-refractivity contribution is 5.67. The van der Waals surface area contributed by atoms with E-state index in [1.165, 1.54) is 6.07 Å². The Morgan fingerprint density at radius 1 is 1.21 bits per heavy atom. The standard InChI is InChI=1S/C21H19FN6O/c1-13-21(26-27-25-13)14-5-7-23-17(9-14)18-11-28(12-24-18)10-15-6-8-29-19-4-2-3-16(22)20(15)19/h2-5,7,9,11-12,15H,6,8,10H2,1H3,(H,25,26,27)/t15-/m1/s1. The molecule has 0 bridgehead atoms. The fourth-order valence-electron chi connectivity index (χ4n) is 3.80. The normalized spacial score (nSPS) is 15.7. The lowest BCUT2D eigenvalue weighted by Crippen LogP contribution is -2.19. The zero-order valence-electron chi connectivity index (χ0n) is 15.8. The molecule has 0 amide bonds. The lowest BCUT2D eigenvalue weighted by atomic mass is 9.92. The molecule has 4 heterocycles. The predicted octanol–water partition coefficient (Wildman–Crippen LogP) is 3.74. The smallest absolute Gasteiger partial charge is 0.130 e. The van der Waals surface area contributed by atoms with Crippen molar-refractivity contribution in [1.29, 1.82) is 0 Å². The van der Waals surface area contributed by atoms with E-state index >= 15 is 0 Å². The van der Waals surface area contributed by atoms with Crippen LogP contribution in [0.4, 0.5) is 4.39 Å². The van der Waals surface area contributed by atoms with Crippen LogP contribution in [0, 0.1) is 12.7 Å². The van der Waals surface area contributed by atoms with E-state index in [2.05, 4.69) is 25.4 Å². The lowest BCUT2D eigenvalue weighted by molar-refractivity contribution is 0.253. The fraction of sp³-hybridized carbons (Fsp3) is 0.238. The van der Waals surface area contributed by atoms with Gasteiger partial charge in [-0.15, -0.1) is 0 Å². The number of rotatable bonds is 4. The number of hydrogen-bond donors (Lipinski definition) is 1. The van der Waals surface area contributed by atoms with Gasteiger partial charge in [0.05, 0.1) is 24.3 Å². The SMILES string of the molecule is Cc1n[nH]nc1-c1ccnc(-c2cn(C[C@H]3CCOc4cccc(F)c43)cn2)c1. The van der Waals surface area contributed by atoms with E-state index in [1.54, 1.807) is 18.6 Å². The molecule has 0 fully saturated rings. The molecular weight excluding hydrogens is 371 g/mol. The van der Waals surface area contributed by atoms with Gasteiger partial charge in [-0.25, -0.2) is 9.37 Å². The molecule has 1 N–H and O–H groups in total. The van der Waals surface area contributed by atoms with Gasteiger partial charge in [-0.2, -0.15) is 15.4 Å². The van der Waals surface area contributed by atoms with Crippen LogP contribution in [-0.2, 0) is 6.54 Å². The van der Waals surface area contributed by atoms with Gasteiger partial charge in [0.1, 0.15) is 23.0 Å². The van der Waals surface area contributed by atoms with Crippen molar-refractivity contribution in [3.63, 3.8) is 0 Å². The van der Waals surface area contributed by atoms with Crippen LogP contribution in [0.5, 0.6) is 5.75 Å². The van der Waals surface area contributed by atoms with Crippen LogP contribution in [0.15, 0.2) is 49.1 Å². The Morgan fingerprint density at radius 2 is 2.14 bits per heavy atom. The Labute approximate surface area is 166 Å². The number of nitrogens with one attached hydrogen (secondary N) is 1. The summed E-state index contributed by atoms with van der Waals surface area (Å²) < 4.78 is 22.0. The number of hydrogen-bond acceptors (Lipinski definition) is 5. The first-order valence-corrected chi connectivity index (χ1v) is 9.46. The number of nitrogens with zero attached hydrogens (tertiary/aromatic N) is 5. The molecule has 1 atom stereocenters. The van der Waals surface area contributed by atoms with Crippen molar-refractivity contribution >= 4 is 0 Å². The van der Waals surface area contributed by atoms with Crippen LogP contribution in [0.1, 0.15) is 23.6 Å². The third kappa shape index (κ3) is 3.26. The van der Waals surface area contributed by atoms with Crippen LogP contribution >= 0.6 is 0 Å². The molecule has 1 aromatic carbocycles. The number of pyridine rings is 1. The number of imidazole rings is 1. The summed E-state index contributed by atoms with van der Waals surface area (Å²) in [5.74, 6) is 0.461. The second kappa shape index (κ2) is 7.12. The van der Waals surface area contributed by atoms with Crippen molar-refractivity contribution in [3.8, 4) is 28.4 Å². The average molecular weight is 390 g/mol. The van der Waals surface area contributed by atoms with Crippen molar-refractivity contribution in [2.24, 2.45) is 0 Å². The molecule has 5 rings (SSSR count). The van der Waals surface area contributed by atoms with Crippen LogP contribution in [0.3, 0.4) is 0 Å². The highest BCUT2D eigenvalue weighted by Crippen LogP contribution is 2.36. The van der Waals surface area contributed by atoms with Gasteiger partial charge < -0.3 is 9.30 Å². The first kappa shape index (κ1) is 17.5. The summed E-state index contributed by atoms with van der Waals surface area (Å²) in [7, 11) is 0. The summed E-state index contributed by atoms with van der Waals surface area (Å²) in [6.07, 6.45) is 6.21. The topological polar surface area (TPSA) is 81.5 Å². The van der Waals surface area contributed by atoms with Crippen LogP contribution in [-0.4, -0.2) is 36.6 Å². The molecule has 0 radical (unpaired) electrons. The van der Waals surface area contributed by atoms with E-state index in [9.17, 15) is 4.39 Å². The van der Waals surface area contributed by atoms with E-state index in [0.717, 1.165) is 34.8 Å². The third-order valence-electron chi connectivity index (χ3n) is 5.23. The average Bonchev–Trinajstić information content (AvgIpc) is 3.37. The zero-order chi connectivity index (χ0) is 19.8. The molecule has 0 aliphatic carbocycles. The number of halogens is 1. The van der Waals surface area contributed by atoms with Gasteiger partial charge in [0.25, 0.3) is 0 Å². The van der Waals surface area contributed by atoms with Gasteiger partial charge in [-0.3, -0.25) is 4.98 Å². The summed E-state index contributed by atoms with van der Waals surface area (Å²) >= 11 is 0. The molecule has 0 unspecified atom stereocenters. The van der Waals surface area contributed by atoms with Crippen molar-refractivity contribution in [3.05, 3.63) is 66.1 Å². The fourth-order valence-corrected chi connectivity index (χ4v) is 3.80. The zero-order valence-corrected chi connectivity index (χ0v) is 15.8. The Balaban J connectivity index is 1.41. The highest BCUT2D eigenvalue weighted by Gasteiger charge is 2.25. The molecule has 7 nitrogen and oxygen atoms in total. The molecule has 0 saturated carbocycles. The number of benzene rings is 1. The molecule has 8 heteroatoms. The number of fused-ring (bicyclic) bond motifs is 1. The first-order valence-electron chi connectivity index (χ1n) is 9.46. The van der Waals surface area contributed by atoms with E-state index in [0.29, 0.717) is 24.5 Å². The molecule has 1 aliphatic heterocycles. The van der Waals surface area contributed by atoms with Gasteiger partial charge in [-0.1, -0.05) is 6.07 Å². The predicted molar refractivity (Wildman–Crippen MR) is 105 cm³/mol. The number of aromatic nitrogens is 6. The van der Waals surface area contributed by atoms with Crippen LogP contribution in [0.2, 0.25) is 0 Å². The molecule has 0 saturated heterocycles. The summed E-state index contributed by atoms with van der Waals surface area (Å²) in [4.78, 5) is 8.95. The Morgan fingerprint density at radius 3 is 3.00 bits per heavy atom. The Bertz CT molecular complexity index is 1170. The Kier molecular flexibility index (Phi) is 4.31. The maximum atomic E-state index is 14.4. The minimum Gasteiger partial charge on any atom is -0.493 e. The van der Waals surface area contributed by atoms with Crippen molar-refractivity contribution in [2.75, 3.05) is 6.61 Å². The number of aromatic amines is 1. The van der Waals surface area contributed by atoms with Gasteiger partial charge in [0.15, 0.2) is 0 Å². The highest BCUT2D eigenvalue weighted by atomic mass is 19.1. The quantitative estimate of drug-likeness (QED) is 0.574. The maximum absolute atomic E-state index is 14.4. The summed E-state index contributed by atoms with van der Waals surface area (Å²) in [6, 6.07) is 8.83. The lowest BCUT2D eigenvalue weighted by Gasteiger charge is -2.26. The van der Waals surface area contributed by atoms with Gasteiger partial charge in [-0.05, 0) is 37.6 Å². The monoisotopic (exact) mass is 390 g/mol. The van der Waals surface area contributed by atoms with Crippen LogP contribution < -0.4 is 4.74 Å². The largest absolute Gasteiger partial charge is 0.493 e. The molecule has 3 aromatic heterocycles. The second-order valence-electron chi connectivity index (χ2n) is 7.13. The van der Waals surface area contributed by atoms with E-state index in [4.69, 9.17) is 4.74 Å². The summed E-state index contributed by atoms with van der Waals surface area (Å²) in [5.41, 5.74) is 4.71. The van der Waals surface area contributed by atoms with E-state index in [1.807, 2.05) is 35.9 Å². The minimum absolute atomic E-state index is 0.0408. The summed E-state index contributed by atoms with van der Waals surface area (Å²) in [6.45, 7) is 3.12. The Hall–Kier alpha value is -3.55. The molecule has 29 heavy (non-hydrogen) atoms. The molecular formula is C21H19FN6O. The number of ether oxygens (including phenoxy) is 1. The van der Waals surface area contributed by atoms with E-state index < -0.39 is 0 Å². The summed E-state index contributed by atoms with van der Waals surface area (Å²) in [5, 5.41) is 10.9. The third-order valence-corrected chi connectivity index (χ3v) is 5.23. The molecule has 0 spiro atoms. The maximum Gasteiger partial charge on any atom is 0.130 e. The van der Waals surface area contributed by atoms with Gasteiger partial charge in [0.2, 0.25) is 0 Å². The van der Waals surface area contributed by atoms with Crippen molar-refractivity contribution < 1.29 is 9.13 Å². The van der Waals surface area contributed by atoms with E-state index in [-0.39, 0.29) is 11.7 Å². The van der Waals surface area contributed by atoms with Gasteiger partial charge >= 0.3 is 0 Å².